The standard InChI is InChI=1S/C20H20ClN3O3/c1-13(2)15-5-3-14(4-6-15)11-19-23-24-20(27-19)22-18(25)12-26-17-9-7-16(21)8-10-17/h3-10,13H,11-12H2,1-2H3,(H,22,24,25). The third kappa shape index (κ3) is 5.56. The molecule has 0 saturated carbocycles. The van der Waals surface area contributed by atoms with Crippen molar-refractivity contribution in [2.75, 3.05) is 11.9 Å². The summed E-state index contributed by atoms with van der Waals surface area (Å²) in [7, 11) is 0. The van der Waals surface area contributed by atoms with Crippen LogP contribution in [0.2, 0.25) is 5.02 Å². The van der Waals surface area contributed by atoms with Gasteiger partial charge in [0.25, 0.3) is 5.91 Å². The lowest BCUT2D eigenvalue weighted by Crippen LogP contribution is -2.20. The molecule has 7 heteroatoms. The highest BCUT2D eigenvalue weighted by Gasteiger charge is 2.11. The molecule has 0 atom stereocenters. The van der Waals surface area contributed by atoms with Crippen molar-refractivity contribution in [1.29, 1.82) is 0 Å². The number of anilines is 1. The first-order valence-corrected chi connectivity index (χ1v) is 8.97. The number of hydrogen-bond donors (Lipinski definition) is 1. The van der Waals surface area contributed by atoms with Crippen LogP contribution >= 0.6 is 11.6 Å². The van der Waals surface area contributed by atoms with Crippen LogP contribution in [0.5, 0.6) is 5.75 Å². The summed E-state index contributed by atoms with van der Waals surface area (Å²) in [6.07, 6.45) is 0.503. The Balaban J connectivity index is 1.51. The summed E-state index contributed by atoms with van der Waals surface area (Å²) in [5.74, 6) is 1.08. The largest absolute Gasteiger partial charge is 0.484 e. The number of halogens is 1. The molecule has 0 aliphatic carbocycles. The van der Waals surface area contributed by atoms with Gasteiger partial charge in [-0.15, -0.1) is 5.10 Å². The summed E-state index contributed by atoms with van der Waals surface area (Å²) in [4.78, 5) is 11.9. The molecule has 6 nitrogen and oxygen atoms in total. The highest BCUT2D eigenvalue weighted by molar-refractivity contribution is 6.30. The number of nitrogens with zero attached hydrogens (tertiary/aromatic N) is 2. The fourth-order valence-corrected chi connectivity index (χ4v) is 2.53. The van der Waals surface area contributed by atoms with E-state index in [0.717, 1.165) is 5.56 Å². The van der Waals surface area contributed by atoms with Crippen molar-refractivity contribution in [2.45, 2.75) is 26.2 Å². The molecule has 3 rings (SSSR count). The molecule has 0 aliphatic rings. The smallest absolute Gasteiger partial charge is 0.322 e. The average Bonchev–Trinajstić information content (AvgIpc) is 3.08. The van der Waals surface area contributed by atoms with Crippen LogP contribution < -0.4 is 10.1 Å². The van der Waals surface area contributed by atoms with Gasteiger partial charge in [0.15, 0.2) is 6.61 Å². The van der Waals surface area contributed by atoms with Gasteiger partial charge in [-0.05, 0) is 41.3 Å². The summed E-state index contributed by atoms with van der Waals surface area (Å²) >= 11 is 5.80. The molecular formula is C20H20ClN3O3. The minimum Gasteiger partial charge on any atom is -0.484 e. The van der Waals surface area contributed by atoms with E-state index in [-0.39, 0.29) is 18.5 Å². The van der Waals surface area contributed by atoms with Gasteiger partial charge < -0.3 is 9.15 Å². The topological polar surface area (TPSA) is 77.2 Å². The minimum absolute atomic E-state index is 0.0495. The molecule has 0 saturated heterocycles. The van der Waals surface area contributed by atoms with Crippen molar-refractivity contribution in [1.82, 2.24) is 10.2 Å². The van der Waals surface area contributed by atoms with Crippen LogP contribution in [0.4, 0.5) is 6.01 Å². The molecule has 1 N–H and O–H groups in total. The van der Waals surface area contributed by atoms with Crippen molar-refractivity contribution < 1.29 is 13.9 Å². The van der Waals surface area contributed by atoms with Crippen LogP contribution in [0.15, 0.2) is 52.9 Å². The monoisotopic (exact) mass is 385 g/mol. The van der Waals surface area contributed by atoms with Gasteiger partial charge in [-0.3, -0.25) is 10.1 Å². The van der Waals surface area contributed by atoms with E-state index in [0.29, 0.717) is 29.0 Å². The molecule has 27 heavy (non-hydrogen) atoms. The lowest BCUT2D eigenvalue weighted by molar-refractivity contribution is -0.118. The number of amides is 1. The highest BCUT2D eigenvalue weighted by atomic mass is 35.5. The maximum Gasteiger partial charge on any atom is 0.322 e. The van der Waals surface area contributed by atoms with Gasteiger partial charge in [0.05, 0.1) is 6.42 Å². The molecule has 3 aromatic rings. The van der Waals surface area contributed by atoms with E-state index in [4.69, 9.17) is 20.8 Å². The molecule has 2 aromatic carbocycles. The molecule has 1 amide bonds. The zero-order valence-electron chi connectivity index (χ0n) is 15.1. The summed E-state index contributed by atoms with van der Waals surface area (Å²) < 4.78 is 10.8. The molecule has 1 heterocycles. The van der Waals surface area contributed by atoms with Crippen LogP contribution in [0.3, 0.4) is 0 Å². The van der Waals surface area contributed by atoms with Gasteiger partial charge in [0.2, 0.25) is 5.89 Å². The zero-order valence-corrected chi connectivity index (χ0v) is 15.9. The lowest BCUT2D eigenvalue weighted by atomic mass is 10.0. The highest BCUT2D eigenvalue weighted by Crippen LogP contribution is 2.18. The number of ether oxygens (including phenoxy) is 1. The molecule has 0 aliphatic heterocycles. The van der Waals surface area contributed by atoms with Crippen LogP contribution in [0.1, 0.15) is 36.8 Å². The fraction of sp³-hybridized carbons (Fsp3) is 0.250. The third-order valence-electron chi connectivity index (χ3n) is 3.90. The fourth-order valence-electron chi connectivity index (χ4n) is 2.41. The van der Waals surface area contributed by atoms with E-state index >= 15 is 0 Å². The second kappa shape index (κ2) is 8.68. The Labute approximate surface area is 162 Å². The number of benzene rings is 2. The predicted octanol–water partition coefficient (Wildman–Crippen LogP) is 4.45. The van der Waals surface area contributed by atoms with E-state index in [9.17, 15) is 4.79 Å². The van der Waals surface area contributed by atoms with Gasteiger partial charge in [-0.25, -0.2) is 0 Å². The summed E-state index contributed by atoms with van der Waals surface area (Å²) in [5.41, 5.74) is 2.34. The number of nitrogens with one attached hydrogen (secondary N) is 1. The second-order valence-electron chi connectivity index (χ2n) is 6.36. The van der Waals surface area contributed by atoms with E-state index in [1.54, 1.807) is 24.3 Å². The molecule has 0 bridgehead atoms. The number of hydrogen-bond acceptors (Lipinski definition) is 5. The Bertz CT molecular complexity index is 890. The van der Waals surface area contributed by atoms with Crippen molar-refractivity contribution in [3.8, 4) is 5.75 Å². The van der Waals surface area contributed by atoms with Gasteiger partial charge in [0.1, 0.15) is 5.75 Å². The van der Waals surface area contributed by atoms with Gasteiger partial charge >= 0.3 is 6.01 Å². The van der Waals surface area contributed by atoms with E-state index in [1.807, 2.05) is 12.1 Å². The Hall–Kier alpha value is -2.86. The Morgan fingerprint density at radius 3 is 2.48 bits per heavy atom. The normalized spacial score (nSPS) is 10.8. The quantitative estimate of drug-likeness (QED) is 0.649. The van der Waals surface area contributed by atoms with Gasteiger partial charge in [-0.1, -0.05) is 54.8 Å². The molecule has 0 spiro atoms. The first-order valence-electron chi connectivity index (χ1n) is 8.59. The maximum absolute atomic E-state index is 11.9. The molecule has 0 unspecified atom stereocenters. The number of carbonyl (C=O) groups excluding carboxylic acids is 1. The van der Waals surface area contributed by atoms with Gasteiger partial charge in [-0.2, -0.15) is 0 Å². The van der Waals surface area contributed by atoms with Crippen molar-refractivity contribution >= 4 is 23.5 Å². The number of aromatic nitrogens is 2. The number of rotatable bonds is 7. The number of carbonyl (C=O) groups is 1. The SMILES string of the molecule is CC(C)c1ccc(Cc2nnc(NC(=O)COc3ccc(Cl)cc3)o2)cc1. The van der Waals surface area contributed by atoms with Crippen LogP contribution in [0.25, 0.3) is 0 Å². The molecule has 1 aromatic heterocycles. The first kappa shape index (κ1) is 18.9. The van der Waals surface area contributed by atoms with E-state index in [1.165, 1.54) is 5.56 Å². The molecule has 140 valence electrons. The summed E-state index contributed by atoms with van der Waals surface area (Å²) in [6.45, 7) is 4.13. The average molecular weight is 386 g/mol. The van der Waals surface area contributed by atoms with Crippen LogP contribution in [-0.2, 0) is 11.2 Å². The van der Waals surface area contributed by atoms with E-state index in [2.05, 4.69) is 41.5 Å². The van der Waals surface area contributed by atoms with E-state index < -0.39 is 0 Å². The Morgan fingerprint density at radius 1 is 1.11 bits per heavy atom. The summed E-state index contributed by atoms with van der Waals surface area (Å²) in [6, 6.07) is 15.1. The first-order chi connectivity index (χ1) is 13.0. The molecule has 0 fully saturated rings. The lowest BCUT2D eigenvalue weighted by Gasteiger charge is -2.05. The van der Waals surface area contributed by atoms with Crippen molar-refractivity contribution in [3.63, 3.8) is 0 Å². The summed E-state index contributed by atoms with van der Waals surface area (Å²) in [5, 5.41) is 10.9. The molecule has 0 radical (unpaired) electrons. The van der Waals surface area contributed by atoms with Crippen LogP contribution in [-0.4, -0.2) is 22.7 Å². The predicted molar refractivity (Wildman–Crippen MR) is 103 cm³/mol. The third-order valence-corrected chi connectivity index (χ3v) is 4.15. The zero-order chi connectivity index (χ0) is 19.2. The Kier molecular flexibility index (Phi) is 6.08. The Morgan fingerprint density at radius 2 is 1.81 bits per heavy atom. The van der Waals surface area contributed by atoms with Gasteiger partial charge in [0, 0.05) is 5.02 Å². The second-order valence-corrected chi connectivity index (χ2v) is 6.80. The maximum atomic E-state index is 11.9. The van der Waals surface area contributed by atoms with Crippen molar-refractivity contribution in [2.24, 2.45) is 0 Å². The molecular weight excluding hydrogens is 366 g/mol. The van der Waals surface area contributed by atoms with Crippen LogP contribution in [0, 0.1) is 0 Å². The van der Waals surface area contributed by atoms with Crippen molar-refractivity contribution in [3.05, 3.63) is 70.6 Å². The minimum atomic E-state index is -0.388.